The second-order valence-electron chi connectivity index (χ2n) is 6.98. The second kappa shape index (κ2) is 10.2. The van der Waals surface area contributed by atoms with Crippen molar-refractivity contribution in [2.45, 2.75) is 26.2 Å². The van der Waals surface area contributed by atoms with Crippen LogP contribution in [0.2, 0.25) is 0 Å². The van der Waals surface area contributed by atoms with Gasteiger partial charge in [-0.15, -0.1) is 0 Å². The van der Waals surface area contributed by atoms with Gasteiger partial charge in [0.2, 0.25) is 5.91 Å². The average Bonchev–Trinajstić information content (AvgIpc) is 3.08. The summed E-state index contributed by atoms with van der Waals surface area (Å²) in [4.78, 5) is 27.1. The first kappa shape index (κ1) is 21.1. The van der Waals surface area contributed by atoms with E-state index in [0.717, 1.165) is 39.9 Å². The van der Waals surface area contributed by atoms with Crippen LogP contribution in [0.25, 0.3) is 10.9 Å². The molecule has 1 aromatic heterocycles. The standard InChI is InChI=1S/C23H26N4O3/c1-16-20(19-7-3-4-8-21(19)26-16)14-25-27-23(29)15-24-22(28)9-5-6-17-10-12-18(30-2)13-11-17/h3-4,7-8,10-14,26H,5-6,9,15H2,1-2H3,(H,24,28)(H,27,29)/b25-14-. The minimum Gasteiger partial charge on any atom is -0.497 e. The third-order valence-electron chi connectivity index (χ3n) is 4.80. The van der Waals surface area contributed by atoms with E-state index in [9.17, 15) is 9.59 Å². The quantitative estimate of drug-likeness (QED) is 0.376. The Labute approximate surface area is 175 Å². The maximum absolute atomic E-state index is 11.9. The molecule has 0 saturated carbocycles. The van der Waals surface area contributed by atoms with Gasteiger partial charge < -0.3 is 15.0 Å². The van der Waals surface area contributed by atoms with Gasteiger partial charge in [-0.2, -0.15) is 5.10 Å². The molecule has 0 fully saturated rings. The number of nitrogens with one attached hydrogen (secondary N) is 3. The number of ether oxygens (including phenoxy) is 1. The molecule has 30 heavy (non-hydrogen) atoms. The third kappa shape index (κ3) is 5.70. The molecule has 3 aromatic rings. The molecular formula is C23H26N4O3. The molecule has 2 aromatic carbocycles. The fourth-order valence-electron chi connectivity index (χ4n) is 3.19. The lowest BCUT2D eigenvalue weighted by Gasteiger charge is -2.05. The van der Waals surface area contributed by atoms with Crippen molar-refractivity contribution in [1.82, 2.24) is 15.7 Å². The highest BCUT2D eigenvalue weighted by Gasteiger charge is 2.07. The van der Waals surface area contributed by atoms with Gasteiger partial charge in [0.15, 0.2) is 0 Å². The number of aromatic nitrogens is 1. The molecule has 0 spiro atoms. The number of fused-ring (bicyclic) bond motifs is 1. The zero-order valence-electron chi connectivity index (χ0n) is 17.2. The number of aryl methyl sites for hydroxylation is 2. The van der Waals surface area contributed by atoms with E-state index >= 15 is 0 Å². The first-order valence-corrected chi connectivity index (χ1v) is 9.85. The number of hydrazone groups is 1. The number of hydrogen-bond acceptors (Lipinski definition) is 4. The molecule has 1 heterocycles. The minimum atomic E-state index is -0.368. The number of hydrogen-bond donors (Lipinski definition) is 3. The van der Waals surface area contributed by atoms with Gasteiger partial charge in [0, 0.05) is 28.6 Å². The van der Waals surface area contributed by atoms with Crippen molar-refractivity contribution in [2.75, 3.05) is 13.7 Å². The highest BCUT2D eigenvalue weighted by Crippen LogP contribution is 2.19. The van der Waals surface area contributed by atoms with Crippen LogP contribution in [-0.2, 0) is 16.0 Å². The maximum atomic E-state index is 11.9. The van der Waals surface area contributed by atoms with Crippen LogP contribution in [0.1, 0.15) is 29.7 Å². The summed E-state index contributed by atoms with van der Waals surface area (Å²) in [6, 6.07) is 15.7. The number of H-pyrrole nitrogens is 1. The fraction of sp³-hybridized carbons (Fsp3) is 0.261. The van der Waals surface area contributed by atoms with Crippen LogP contribution < -0.4 is 15.5 Å². The summed E-state index contributed by atoms with van der Waals surface area (Å²) in [5.41, 5.74) is 6.51. The predicted octanol–water partition coefficient (Wildman–Crippen LogP) is 3.07. The molecule has 0 saturated heterocycles. The summed E-state index contributed by atoms with van der Waals surface area (Å²) in [5.74, 6) is 0.285. The Morgan fingerprint density at radius 3 is 2.63 bits per heavy atom. The van der Waals surface area contributed by atoms with E-state index < -0.39 is 0 Å². The number of amides is 2. The van der Waals surface area contributed by atoms with Crippen molar-refractivity contribution in [3.05, 3.63) is 65.4 Å². The largest absolute Gasteiger partial charge is 0.497 e. The Morgan fingerprint density at radius 2 is 1.87 bits per heavy atom. The predicted molar refractivity (Wildman–Crippen MR) is 118 cm³/mol. The maximum Gasteiger partial charge on any atom is 0.259 e. The fourth-order valence-corrected chi connectivity index (χ4v) is 3.19. The smallest absolute Gasteiger partial charge is 0.259 e. The normalized spacial score (nSPS) is 11.0. The lowest BCUT2D eigenvalue weighted by atomic mass is 10.1. The highest BCUT2D eigenvalue weighted by molar-refractivity contribution is 6.00. The molecule has 0 radical (unpaired) electrons. The van der Waals surface area contributed by atoms with E-state index in [4.69, 9.17) is 4.74 Å². The zero-order valence-corrected chi connectivity index (χ0v) is 17.2. The zero-order chi connectivity index (χ0) is 21.3. The van der Waals surface area contributed by atoms with Crippen molar-refractivity contribution in [3.63, 3.8) is 0 Å². The van der Waals surface area contributed by atoms with Crippen LogP contribution in [0.5, 0.6) is 5.75 Å². The van der Waals surface area contributed by atoms with Crippen LogP contribution in [0, 0.1) is 6.92 Å². The molecular weight excluding hydrogens is 380 g/mol. The second-order valence-corrected chi connectivity index (χ2v) is 6.98. The number of benzene rings is 2. The molecule has 7 heteroatoms. The van der Waals surface area contributed by atoms with Gasteiger partial charge in [-0.3, -0.25) is 9.59 Å². The molecule has 0 aliphatic carbocycles. The van der Waals surface area contributed by atoms with Gasteiger partial charge in [0.1, 0.15) is 5.75 Å². The monoisotopic (exact) mass is 406 g/mol. The summed E-state index contributed by atoms with van der Waals surface area (Å²) >= 11 is 0. The van der Waals surface area contributed by atoms with Gasteiger partial charge in [-0.05, 0) is 43.5 Å². The Morgan fingerprint density at radius 1 is 1.10 bits per heavy atom. The minimum absolute atomic E-state index is 0.106. The molecule has 0 aliphatic rings. The number of carbonyl (C=O) groups excluding carboxylic acids is 2. The van der Waals surface area contributed by atoms with Gasteiger partial charge in [0.25, 0.3) is 5.91 Å². The van der Waals surface area contributed by atoms with Crippen molar-refractivity contribution in [2.24, 2.45) is 5.10 Å². The van der Waals surface area contributed by atoms with Crippen molar-refractivity contribution in [1.29, 1.82) is 0 Å². The summed E-state index contributed by atoms with van der Waals surface area (Å²) in [6.45, 7) is 1.85. The van der Waals surface area contributed by atoms with Crippen LogP contribution in [0.15, 0.2) is 53.6 Å². The van der Waals surface area contributed by atoms with Gasteiger partial charge in [-0.25, -0.2) is 5.43 Å². The Bertz CT molecular complexity index is 1040. The van der Waals surface area contributed by atoms with E-state index in [0.29, 0.717) is 12.8 Å². The van der Waals surface area contributed by atoms with E-state index in [1.165, 1.54) is 0 Å². The molecule has 0 bridgehead atoms. The van der Waals surface area contributed by atoms with E-state index in [1.807, 2.05) is 55.5 Å². The molecule has 156 valence electrons. The summed E-state index contributed by atoms with van der Waals surface area (Å²) in [6.07, 6.45) is 3.47. The SMILES string of the molecule is COc1ccc(CCCC(=O)NCC(=O)N/N=C\c2c(C)[nH]c3ccccc23)cc1. The molecule has 3 rings (SSSR count). The Balaban J connectivity index is 1.38. The molecule has 2 amide bonds. The van der Waals surface area contributed by atoms with E-state index in [1.54, 1.807) is 13.3 Å². The number of methoxy groups -OCH3 is 1. The first-order valence-electron chi connectivity index (χ1n) is 9.85. The van der Waals surface area contributed by atoms with E-state index in [2.05, 4.69) is 20.8 Å². The Kier molecular flexibility index (Phi) is 7.21. The number of nitrogens with zero attached hydrogens (tertiary/aromatic N) is 1. The number of para-hydroxylation sites is 1. The molecule has 7 nitrogen and oxygen atoms in total. The number of carbonyl (C=O) groups is 2. The van der Waals surface area contributed by atoms with Gasteiger partial charge >= 0.3 is 0 Å². The van der Waals surface area contributed by atoms with E-state index in [-0.39, 0.29) is 18.4 Å². The summed E-state index contributed by atoms with van der Waals surface area (Å²) < 4.78 is 5.13. The first-order chi connectivity index (χ1) is 14.6. The molecule has 0 aliphatic heterocycles. The van der Waals surface area contributed by atoms with Crippen LogP contribution in [-0.4, -0.2) is 36.7 Å². The van der Waals surface area contributed by atoms with Crippen molar-refractivity contribution in [3.8, 4) is 5.75 Å². The van der Waals surface area contributed by atoms with Gasteiger partial charge in [0.05, 0.1) is 19.9 Å². The van der Waals surface area contributed by atoms with Crippen molar-refractivity contribution < 1.29 is 14.3 Å². The van der Waals surface area contributed by atoms with Gasteiger partial charge in [-0.1, -0.05) is 30.3 Å². The average molecular weight is 406 g/mol. The van der Waals surface area contributed by atoms with Crippen LogP contribution in [0.3, 0.4) is 0 Å². The van der Waals surface area contributed by atoms with Crippen LogP contribution >= 0.6 is 0 Å². The molecule has 3 N–H and O–H groups in total. The summed E-state index contributed by atoms with van der Waals surface area (Å²) in [5, 5.41) is 7.67. The molecule has 0 unspecified atom stereocenters. The lowest BCUT2D eigenvalue weighted by molar-refractivity contribution is -0.126. The highest BCUT2D eigenvalue weighted by atomic mass is 16.5. The lowest BCUT2D eigenvalue weighted by Crippen LogP contribution is -2.34. The third-order valence-corrected chi connectivity index (χ3v) is 4.80. The molecule has 0 atom stereocenters. The van der Waals surface area contributed by atoms with Crippen LogP contribution in [0.4, 0.5) is 0 Å². The Hall–Kier alpha value is -3.61. The topological polar surface area (TPSA) is 95.6 Å². The number of aromatic amines is 1. The summed E-state index contributed by atoms with van der Waals surface area (Å²) in [7, 11) is 1.63. The number of rotatable bonds is 9. The van der Waals surface area contributed by atoms with Crippen molar-refractivity contribution >= 4 is 28.9 Å².